The second-order valence-corrected chi connectivity index (χ2v) is 8.79. The van der Waals surface area contributed by atoms with Gasteiger partial charge in [0, 0.05) is 10.0 Å². The van der Waals surface area contributed by atoms with Gasteiger partial charge in [0.1, 0.15) is 23.9 Å². The average Bonchev–Trinajstić information content (AvgIpc) is 3.32. The number of rotatable bonds is 6. The Morgan fingerprint density at radius 1 is 1.23 bits per heavy atom. The number of hydrogen-bond donors (Lipinski definition) is 2. The first-order valence-corrected chi connectivity index (χ1v) is 10.8. The Labute approximate surface area is 186 Å². The largest absolute Gasteiger partial charge is 0.491 e. The Morgan fingerprint density at radius 2 is 2.00 bits per heavy atom. The maximum Gasteiger partial charge on any atom is 0.326 e. The first-order chi connectivity index (χ1) is 14.5. The minimum absolute atomic E-state index is 0.0733. The molecule has 2 N–H and O–H groups in total. The molecule has 2 aliphatic carbocycles. The summed E-state index contributed by atoms with van der Waals surface area (Å²) in [5.74, 6) is 0.858. The van der Waals surface area contributed by atoms with E-state index >= 15 is 0 Å². The first kappa shape index (κ1) is 19.4. The predicted molar refractivity (Wildman–Crippen MR) is 119 cm³/mol. The smallest absolute Gasteiger partial charge is 0.326 e. The molecule has 1 atom stereocenters. The minimum Gasteiger partial charge on any atom is -0.491 e. The van der Waals surface area contributed by atoms with Crippen LogP contribution < -0.4 is 10.1 Å². The molecule has 2 heterocycles. The number of carbonyl (C=O) groups excluding carboxylic acids is 2. The number of urea groups is 1. The number of allylic oxidation sites excluding steroid dienone is 4. The Morgan fingerprint density at radius 3 is 2.70 bits per heavy atom. The highest BCUT2D eigenvalue weighted by atomic mass is 127. The van der Waals surface area contributed by atoms with Gasteiger partial charge in [0.15, 0.2) is 5.84 Å². The van der Waals surface area contributed by atoms with Crippen LogP contribution in [0.5, 0.6) is 5.75 Å². The quantitative estimate of drug-likeness (QED) is 0.447. The third kappa shape index (κ3) is 3.16. The van der Waals surface area contributed by atoms with E-state index in [0.717, 1.165) is 15.0 Å². The van der Waals surface area contributed by atoms with Gasteiger partial charge < -0.3 is 15.2 Å². The number of aliphatic hydroxyl groups excluding tert-OH is 1. The van der Waals surface area contributed by atoms with E-state index in [4.69, 9.17) is 9.84 Å². The maximum absolute atomic E-state index is 13.2. The number of amidine groups is 1. The summed E-state index contributed by atoms with van der Waals surface area (Å²) in [6.45, 7) is 0.126. The van der Waals surface area contributed by atoms with Gasteiger partial charge in [-0.3, -0.25) is 4.79 Å². The molecule has 4 aliphatic rings. The van der Waals surface area contributed by atoms with Crippen molar-refractivity contribution in [2.45, 2.75) is 30.8 Å². The fourth-order valence-corrected chi connectivity index (χ4v) is 4.46. The molecule has 5 rings (SSSR count). The number of fused-ring (bicyclic) bond motifs is 1. The molecule has 2 fully saturated rings. The van der Waals surface area contributed by atoms with Gasteiger partial charge in [-0.15, -0.1) is 0 Å². The van der Waals surface area contributed by atoms with Crippen LogP contribution in [-0.4, -0.2) is 52.2 Å². The molecule has 0 unspecified atom stereocenters. The van der Waals surface area contributed by atoms with Crippen molar-refractivity contribution in [3.63, 3.8) is 0 Å². The van der Waals surface area contributed by atoms with Gasteiger partial charge in [0.2, 0.25) is 0 Å². The Kier molecular flexibility index (Phi) is 4.73. The number of aliphatic hydroxyl groups is 1. The van der Waals surface area contributed by atoms with Crippen molar-refractivity contribution in [3.05, 3.63) is 51.3 Å². The lowest BCUT2D eigenvalue weighted by Gasteiger charge is -2.23. The maximum atomic E-state index is 13.2. The van der Waals surface area contributed by atoms with Crippen LogP contribution >= 0.6 is 22.6 Å². The van der Waals surface area contributed by atoms with Crippen molar-refractivity contribution in [3.8, 4) is 5.75 Å². The fourth-order valence-electron chi connectivity index (χ4n) is 3.94. The van der Waals surface area contributed by atoms with Gasteiger partial charge in [-0.05, 0) is 59.2 Å². The average molecular weight is 518 g/mol. The summed E-state index contributed by atoms with van der Waals surface area (Å²) in [5, 5.41) is 11.7. The summed E-state index contributed by atoms with van der Waals surface area (Å²) >= 11 is 2.25. The lowest BCUT2D eigenvalue weighted by atomic mass is 10.1. The van der Waals surface area contributed by atoms with E-state index in [1.807, 2.05) is 6.08 Å². The first-order valence-electron chi connectivity index (χ1n) is 9.74. The fraction of sp³-hybridized carbons (Fsp3) is 0.333. The molecule has 30 heavy (non-hydrogen) atoms. The van der Waals surface area contributed by atoms with Gasteiger partial charge in [0.25, 0.3) is 5.91 Å². The van der Waals surface area contributed by atoms with Crippen LogP contribution in [0.4, 0.5) is 4.79 Å². The molecule has 154 valence electrons. The van der Waals surface area contributed by atoms with E-state index in [-0.39, 0.29) is 19.1 Å². The van der Waals surface area contributed by atoms with Crippen molar-refractivity contribution in [1.29, 1.82) is 0 Å². The van der Waals surface area contributed by atoms with Crippen LogP contribution in [0.3, 0.4) is 0 Å². The summed E-state index contributed by atoms with van der Waals surface area (Å²) < 4.78 is 6.46. The molecule has 0 spiro atoms. The van der Waals surface area contributed by atoms with Gasteiger partial charge in [-0.2, -0.15) is 0 Å². The molecule has 1 aromatic rings. The zero-order valence-electron chi connectivity index (χ0n) is 16.0. The van der Waals surface area contributed by atoms with Crippen LogP contribution in [0.25, 0.3) is 0 Å². The molecule has 1 aromatic carbocycles. The summed E-state index contributed by atoms with van der Waals surface area (Å²) in [7, 11) is 0. The van der Waals surface area contributed by atoms with E-state index in [0.29, 0.717) is 36.4 Å². The van der Waals surface area contributed by atoms with Crippen molar-refractivity contribution in [2.75, 3.05) is 13.2 Å². The molecule has 8 nitrogen and oxygen atoms in total. The second-order valence-electron chi connectivity index (χ2n) is 7.55. The lowest BCUT2D eigenvalue weighted by Crippen LogP contribution is -2.47. The van der Waals surface area contributed by atoms with Crippen LogP contribution in [0, 0.1) is 0 Å². The molecular weight excluding hydrogens is 499 g/mol. The number of carbonyl (C=O) groups is 2. The summed E-state index contributed by atoms with van der Waals surface area (Å²) in [6.07, 6.45) is 6.10. The topological polar surface area (TPSA) is 104 Å². The predicted octanol–water partition coefficient (Wildman–Crippen LogP) is 2.64. The number of imide groups is 1. The second kappa shape index (κ2) is 7.31. The zero-order chi connectivity index (χ0) is 20.9. The van der Waals surface area contributed by atoms with Crippen molar-refractivity contribution in [2.24, 2.45) is 9.98 Å². The van der Waals surface area contributed by atoms with Crippen molar-refractivity contribution < 1.29 is 19.4 Å². The van der Waals surface area contributed by atoms with E-state index in [1.54, 1.807) is 24.3 Å². The van der Waals surface area contributed by atoms with Crippen LogP contribution in [0.1, 0.15) is 30.9 Å². The van der Waals surface area contributed by atoms with Crippen molar-refractivity contribution >= 4 is 46.1 Å². The molecule has 9 heteroatoms. The number of halogens is 1. The number of hydrogen-bond acceptors (Lipinski definition) is 6. The van der Waals surface area contributed by atoms with Crippen LogP contribution in [-0.2, 0) is 4.79 Å². The monoisotopic (exact) mass is 518 g/mol. The standard InChI is InChI=1S/C21H19IN4O4/c22-13-3-6-15-16(11-13)24-19(23-15)21(7-8-21)26-18(28)17(25-20(26)29)12-1-4-14(5-2-12)30-10-9-27/h1-5,11,17,27H,6-10H2,(H,25,29)/t17-/m1/s1. The highest BCUT2D eigenvalue weighted by Crippen LogP contribution is 2.48. The van der Waals surface area contributed by atoms with E-state index in [9.17, 15) is 9.59 Å². The highest BCUT2D eigenvalue weighted by molar-refractivity contribution is 14.1. The lowest BCUT2D eigenvalue weighted by molar-refractivity contribution is -0.128. The summed E-state index contributed by atoms with van der Waals surface area (Å²) in [4.78, 5) is 36.7. The highest BCUT2D eigenvalue weighted by Gasteiger charge is 2.61. The third-order valence-electron chi connectivity index (χ3n) is 5.61. The minimum atomic E-state index is -0.753. The third-order valence-corrected chi connectivity index (χ3v) is 6.36. The van der Waals surface area contributed by atoms with Gasteiger partial charge >= 0.3 is 6.03 Å². The molecule has 0 bridgehead atoms. The van der Waals surface area contributed by atoms with Crippen LogP contribution in [0.15, 0.2) is 55.7 Å². The number of nitrogens with zero attached hydrogens (tertiary/aromatic N) is 3. The normalized spacial score (nSPS) is 23.9. The Hall–Kier alpha value is -2.53. The van der Waals surface area contributed by atoms with E-state index < -0.39 is 17.6 Å². The van der Waals surface area contributed by atoms with Gasteiger partial charge in [0.05, 0.1) is 18.0 Å². The molecule has 0 radical (unpaired) electrons. The van der Waals surface area contributed by atoms with E-state index in [1.165, 1.54) is 4.90 Å². The number of amides is 3. The molecule has 0 aromatic heterocycles. The van der Waals surface area contributed by atoms with Crippen LogP contribution in [0.2, 0.25) is 0 Å². The summed E-state index contributed by atoms with van der Waals surface area (Å²) in [6, 6.07) is 5.78. The summed E-state index contributed by atoms with van der Waals surface area (Å²) in [5.41, 5.74) is 1.64. The zero-order valence-corrected chi connectivity index (χ0v) is 18.1. The SMILES string of the molecule is O=C1N[C@H](c2ccc(OCCO)cc2)C(=O)N1C1(C2=NC3=CC(I)=CCC3=N2)CC1. The number of nitrogens with one attached hydrogen (secondary N) is 1. The van der Waals surface area contributed by atoms with E-state index in [2.05, 4.69) is 44.0 Å². The Balaban J connectivity index is 1.38. The van der Waals surface area contributed by atoms with Crippen molar-refractivity contribution in [1.82, 2.24) is 10.2 Å². The Bertz CT molecular complexity index is 1050. The number of benzene rings is 1. The number of ether oxygens (including phenoxy) is 1. The molecule has 1 saturated heterocycles. The molecule has 1 saturated carbocycles. The van der Waals surface area contributed by atoms with Gasteiger partial charge in [-0.1, -0.05) is 18.2 Å². The molecule has 3 amide bonds. The molecular formula is C21H19IN4O4. The van der Waals surface area contributed by atoms with Gasteiger partial charge in [-0.25, -0.2) is 19.7 Å². The number of aliphatic imine (C=N–C) groups is 2. The molecule has 2 aliphatic heterocycles.